The first-order chi connectivity index (χ1) is 36.0. The average Bonchev–Trinajstić information content (AvgIpc) is 3.34. The summed E-state index contributed by atoms with van der Waals surface area (Å²) in [7, 11) is 0. The predicted octanol–water partition coefficient (Wildman–Crippen LogP) is 32.7. The van der Waals surface area contributed by atoms with Crippen LogP contribution in [0.15, 0.2) is 0 Å². The lowest BCUT2D eigenvalue weighted by atomic mass is 9.71. The summed E-state index contributed by atoms with van der Waals surface area (Å²) in [6, 6.07) is 0. The summed E-state index contributed by atoms with van der Waals surface area (Å²) < 4.78 is 0. The van der Waals surface area contributed by atoms with Crippen LogP contribution in [0.25, 0.3) is 0 Å². The first kappa shape index (κ1) is 114. The first-order valence-electron chi connectivity index (χ1n) is 36.0. The van der Waals surface area contributed by atoms with Gasteiger partial charge in [-0.2, -0.15) is 0 Å². The maximum atomic E-state index is 2.28. The van der Waals surface area contributed by atoms with Crippen molar-refractivity contribution in [1.29, 1.82) is 0 Å². The molecular formula is C79H186. The Morgan fingerprint density at radius 3 is 0.443 bits per heavy atom. The van der Waals surface area contributed by atoms with Crippen molar-refractivity contribution in [3.8, 4) is 0 Å². The van der Waals surface area contributed by atoms with Crippen LogP contribution in [0.3, 0.4) is 0 Å². The van der Waals surface area contributed by atoms with E-state index in [0.717, 1.165) is 41.4 Å². The van der Waals surface area contributed by atoms with Crippen molar-refractivity contribution >= 4 is 0 Å². The maximum Gasteiger partial charge on any atom is -0.0334 e. The Morgan fingerprint density at radius 2 is 0.405 bits per heavy atom. The fourth-order valence-electron chi connectivity index (χ4n) is 2.97. The van der Waals surface area contributed by atoms with Gasteiger partial charge in [0, 0.05) is 0 Å². The van der Waals surface area contributed by atoms with Gasteiger partial charge in [-0.3, -0.25) is 0 Å². The van der Waals surface area contributed by atoms with Crippen LogP contribution in [-0.4, -0.2) is 0 Å². The Bertz CT molecular complexity index is 742. The Kier molecular flexibility index (Phi) is 136. The zero-order valence-corrected chi connectivity index (χ0v) is 66.7. The third-order valence-electron chi connectivity index (χ3n) is 13.8. The third-order valence-corrected chi connectivity index (χ3v) is 13.8. The summed E-state index contributed by atoms with van der Waals surface area (Å²) in [5, 5.41) is 0. The summed E-state index contributed by atoms with van der Waals surface area (Å²) in [5.41, 5.74) is 1.96. The highest BCUT2D eigenvalue weighted by Crippen LogP contribution is 2.36. The van der Waals surface area contributed by atoms with Crippen molar-refractivity contribution in [1.82, 2.24) is 0 Å². The predicted molar refractivity (Wildman–Crippen MR) is 394 cm³/mol. The molecular weight excluding hydrogens is 949 g/mol. The van der Waals surface area contributed by atoms with E-state index in [-0.39, 0.29) is 0 Å². The van der Waals surface area contributed by atoms with Crippen LogP contribution >= 0.6 is 0 Å². The lowest BCUT2D eigenvalue weighted by Crippen LogP contribution is -2.25. The van der Waals surface area contributed by atoms with Crippen LogP contribution in [0.1, 0.15) is 458 Å². The SMILES string of the molecule is CC(C)(C)C(C)(C)C.CC(C)C(C)C.CCC.CCC(C)(C)C.CCC(C)(C)C.CCC(C)C.CCC(C)C.CCC(C)CC.CCCC.CCCC(C)C.CCCC(C)C.CCCCC.CCCCCC.CCCCCCC. The molecule has 0 aromatic heterocycles. The van der Waals surface area contributed by atoms with Crippen LogP contribution in [0.2, 0.25) is 0 Å². The standard InChI is InChI=1S/C8H18.C7H16.7C6H14.3C5H12.C4H10.C3H8/c1-7(2,3)8(4,5)6;1-3-5-7-6-4-2;2*1-5-6(2,3)4;1-5(2)6(3)4;2*1-4-5-6(2)3;1-4-6(3)5-2;1-3-5-6-4-2;2*1-4-5(2)3;1-3-5-4-2;1-3-4-2;1-3-2/h1-6H3;3-7H2,1-2H3;2*5H2,1-4H3;5-6H,1-4H3;3*6H,4-5H2,1-3H3;3-6H2,1-2H3;2*5H,4H2,1-3H3;3-5H2,1-2H3;3-4H2,1-2H3;3H2,1-2H3. The molecule has 0 rings (SSSR count). The van der Waals surface area contributed by atoms with Gasteiger partial charge < -0.3 is 0 Å². The summed E-state index contributed by atoms with van der Waals surface area (Å²) in [4.78, 5) is 0. The summed E-state index contributed by atoms with van der Waals surface area (Å²) in [5.74, 6) is 6.20. The molecule has 79 heavy (non-hydrogen) atoms. The van der Waals surface area contributed by atoms with Crippen molar-refractivity contribution < 1.29 is 0 Å². The van der Waals surface area contributed by atoms with Crippen molar-refractivity contribution in [2.45, 2.75) is 458 Å². The van der Waals surface area contributed by atoms with Gasteiger partial charge in [0.1, 0.15) is 0 Å². The second-order valence-electron chi connectivity index (χ2n) is 29.5. The average molecular weight is 1140 g/mol. The second kappa shape index (κ2) is 94.4. The lowest BCUT2D eigenvalue weighted by Gasteiger charge is -2.34. The van der Waals surface area contributed by atoms with E-state index in [4.69, 9.17) is 0 Å². The molecule has 0 bridgehead atoms. The number of unbranched alkanes of at least 4 members (excludes halogenated alkanes) is 10. The fraction of sp³-hybridized carbons (Fsp3) is 1.00. The molecule has 0 amide bonds. The third kappa shape index (κ3) is 244. The molecule has 0 nitrogen and oxygen atoms in total. The van der Waals surface area contributed by atoms with Crippen molar-refractivity contribution in [2.75, 3.05) is 0 Å². The Balaban J connectivity index is -0.0000000482. The molecule has 0 aromatic carbocycles. The molecule has 0 N–H and O–H groups in total. The van der Waals surface area contributed by atoms with E-state index in [1.807, 2.05) is 0 Å². The molecule has 0 radical (unpaired) electrons. The molecule has 0 unspecified atom stereocenters. The summed E-state index contributed by atoms with van der Waals surface area (Å²) in [6.45, 7) is 95.9. The summed E-state index contributed by atoms with van der Waals surface area (Å²) in [6.07, 6.45) is 33.7. The molecule has 0 atom stereocenters. The van der Waals surface area contributed by atoms with E-state index >= 15 is 0 Å². The van der Waals surface area contributed by atoms with Gasteiger partial charge in [-0.15, -0.1) is 0 Å². The molecule has 0 spiro atoms. The van der Waals surface area contributed by atoms with E-state index in [9.17, 15) is 0 Å². The molecule has 502 valence electrons. The number of hydrogen-bond donors (Lipinski definition) is 0. The van der Waals surface area contributed by atoms with Gasteiger partial charge >= 0.3 is 0 Å². The molecule has 0 saturated heterocycles. The van der Waals surface area contributed by atoms with Crippen molar-refractivity contribution in [2.24, 2.45) is 63.1 Å². The van der Waals surface area contributed by atoms with E-state index in [1.54, 1.807) is 0 Å². The van der Waals surface area contributed by atoms with E-state index in [2.05, 4.69) is 298 Å². The maximum absolute atomic E-state index is 2.28. The largest absolute Gasteiger partial charge is 0.0656 e. The highest BCUT2D eigenvalue weighted by atomic mass is 14.3. The minimum Gasteiger partial charge on any atom is -0.0656 e. The van der Waals surface area contributed by atoms with Gasteiger partial charge in [0.25, 0.3) is 0 Å². The first-order valence-corrected chi connectivity index (χ1v) is 36.0. The van der Waals surface area contributed by atoms with E-state index in [0.29, 0.717) is 21.7 Å². The van der Waals surface area contributed by atoms with E-state index < -0.39 is 0 Å². The highest BCUT2D eigenvalue weighted by Gasteiger charge is 2.26. The number of hydrogen-bond acceptors (Lipinski definition) is 0. The van der Waals surface area contributed by atoms with Crippen LogP contribution in [0.5, 0.6) is 0 Å². The van der Waals surface area contributed by atoms with Crippen LogP contribution in [-0.2, 0) is 0 Å². The van der Waals surface area contributed by atoms with Crippen molar-refractivity contribution in [3.05, 3.63) is 0 Å². The Labute approximate surface area is 518 Å². The molecule has 0 aliphatic rings. The minimum atomic E-state index is 0.437. The fourth-order valence-corrected chi connectivity index (χ4v) is 2.97. The Morgan fingerprint density at radius 1 is 0.228 bits per heavy atom. The van der Waals surface area contributed by atoms with Gasteiger partial charge in [-0.25, -0.2) is 0 Å². The topological polar surface area (TPSA) is 0 Å². The quantitative estimate of drug-likeness (QED) is 0.113. The zero-order valence-electron chi connectivity index (χ0n) is 66.7. The molecule has 0 heterocycles. The van der Waals surface area contributed by atoms with Gasteiger partial charge in [0.2, 0.25) is 0 Å². The molecule has 0 aliphatic heterocycles. The summed E-state index contributed by atoms with van der Waals surface area (Å²) >= 11 is 0. The van der Waals surface area contributed by atoms with E-state index in [1.165, 1.54) is 161 Å². The molecule has 0 aromatic rings. The monoisotopic (exact) mass is 1140 g/mol. The smallest absolute Gasteiger partial charge is 0.0334 e. The normalized spacial score (nSPS) is 10.3. The van der Waals surface area contributed by atoms with Gasteiger partial charge in [-0.05, 0) is 63.1 Å². The molecule has 0 aliphatic carbocycles. The van der Waals surface area contributed by atoms with Crippen LogP contribution < -0.4 is 0 Å². The van der Waals surface area contributed by atoms with Gasteiger partial charge in [0.05, 0.1) is 0 Å². The van der Waals surface area contributed by atoms with Crippen LogP contribution in [0, 0.1) is 63.1 Å². The van der Waals surface area contributed by atoms with Crippen molar-refractivity contribution in [3.63, 3.8) is 0 Å². The van der Waals surface area contributed by atoms with Gasteiger partial charge in [0.15, 0.2) is 0 Å². The van der Waals surface area contributed by atoms with Gasteiger partial charge in [-0.1, -0.05) is 458 Å². The molecule has 0 fully saturated rings. The lowest BCUT2D eigenvalue weighted by molar-refractivity contribution is 0.157. The highest BCUT2D eigenvalue weighted by molar-refractivity contribution is 4.77. The zero-order chi connectivity index (χ0) is 66.7. The van der Waals surface area contributed by atoms with Crippen LogP contribution in [0.4, 0.5) is 0 Å². The minimum absolute atomic E-state index is 0.437. The Hall–Kier alpha value is 0. The second-order valence-corrected chi connectivity index (χ2v) is 29.5. The molecule has 0 heteroatoms. The molecule has 0 saturated carbocycles. The number of rotatable bonds is 19.